The van der Waals surface area contributed by atoms with E-state index in [1.54, 1.807) is 6.92 Å². The van der Waals surface area contributed by atoms with Crippen molar-refractivity contribution in [3.8, 4) is 0 Å². The van der Waals surface area contributed by atoms with E-state index in [1.807, 2.05) is 4.90 Å². The number of amides is 1. The van der Waals surface area contributed by atoms with Gasteiger partial charge in [0.2, 0.25) is 5.91 Å². The van der Waals surface area contributed by atoms with E-state index < -0.39 is 0 Å². The zero-order chi connectivity index (χ0) is 13.0. The van der Waals surface area contributed by atoms with E-state index in [4.69, 9.17) is 10.5 Å². The predicted molar refractivity (Wildman–Crippen MR) is 84.7 cm³/mol. The van der Waals surface area contributed by atoms with Gasteiger partial charge in [0.25, 0.3) is 0 Å². The van der Waals surface area contributed by atoms with Crippen LogP contribution in [0, 0.1) is 5.92 Å². The molecular formula is C13H27Cl2N3O2. The molecular weight excluding hydrogens is 301 g/mol. The minimum atomic E-state index is -0.360. The van der Waals surface area contributed by atoms with E-state index in [0.717, 1.165) is 64.7 Å². The van der Waals surface area contributed by atoms with Crippen molar-refractivity contribution in [3.05, 3.63) is 0 Å². The normalized spacial score (nSPS) is 22.6. The number of ether oxygens (including phenoxy) is 1. The SMILES string of the molecule is C[C@@H](N)C(=O)N1CCC(CN2CCOCC2)CC1.Cl.Cl. The molecule has 2 aliphatic heterocycles. The Balaban J connectivity index is 0.00000180. The van der Waals surface area contributed by atoms with Gasteiger partial charge in [-0.05, 0) is 25.7 Å². The lowest BCUT2D eigenvalue weighted by atomic mass is 9.95. The standard InChI is InChI=1S/C13H25N3O2.2ClH/c1-11(14)13(17)16-4-2-12(3-5-16)10-15-6-8-18-9-7-15;;/h11-12H,2-10,14H2,1H3;2*1H/t11-;;/m1../s1. The van der Waals surface area contributed by atoms with Crippen LogP contribution >= 0.6 is 24.8 Å². The van der Waals surface area contributed by atoms with Crippen molar-refractivity contribution in [1.29, 1.82) is 0 Å². The van der Waals surface area contributed by atoms with Gasteiger partial charge < -0.3 is 15.4 Å². The third kappa shape index (κ3) is 5.74. The van der Waals surface area contributed by atoms with Crippen molar-refractivity contribution in [2.45, 2.75) is 25.8 Å². The van der Waals surface area contributed by atoms with Crippen molar-refractivity contribution in [3.63, 3.8) is 0 Å². The van der Waals surface area contributed by atoms with E-state index in [0.29, 0.717) is 0 Å². The van der Waals surface area contributed by atoms with Gasteiger partial charge >= 0.3 is 0 Å². The lowest BCUT2D eigenvalue weighted by molar-refractivity contribution is -0.133. The second-order valence-corrected chi connectivity index (χ2v) is 5.47. The molecule has 2 saturated heterocycles. The number of nitrogens with two attached hydrogens (primary N) is 1. The summed E-state index contributed by atoms with van der Waals surface area (Å²) in [6, 6.07) is -0.360. The molecule has 0 aromatic carbocycles. The highest BCUT2D eigenvalue weighted by molar-refractivity contribution is 5.85. The number of hydrogen-bond donors (Lipinski definition) is 1. The zero-order valence-corrected chi connectivity index (χ0v) is 13.8. The quantitative estimate of drug-likeness (QED) is 0.831. The van der Waals surface area contributed by atoms with Crippen molar-refractivity contribution in [2.24, 2.45) is 11.7 Å². The third-order valence-corrected chi connectivity index (χ3v) is 3.94. The molecule has 2 rings (SSSR count). The van der Waals surface area contributed by atoms with Gasteiger partial charge in [0.15, 0.2) is 0 Å². The van der Waals surface area contributed by atoms with Crippen LogP contribution in [0.3, 0.4) is 0 Å². The number of piperidine rings is 1. The highest BCUT2D eigenvalue weighted by atomic mass is 35.5. The molecule has 1 atom stereocenters. The molecule has 0 unspecified atom stereocenters. The Hall–Kier alpha value is -0.0700. The molecule has 0 radical (unpaired) electrons. The molecule has 0 saturated carbocycles. The monoisotopic (exact) mass is 327 g/mol. The minimum Gasteiger partial charge on any atom is -0.379 e. The van der Waals surface area contributed by atoms with Crippen LogP contribution in [0.2, 0.25) is 0 Å². The number of carbonyl (C=O) groups excluding carboxylic acids is 1. The second kappa shape index (κ2) is 9.79. The third-order valence-electron chi connectivity index (χ3n) is 3.94. The molecule has 2 heterocycles. The van der Waals surface area contributed by atoms with Gasteiger partial charge in [-0.15, -0.1) is 24.8 Å². The van der Waals surface area contributed by atoms with E-state index in [1.165, 1.54) is 0 Å². The van der Waals surface area contributed by atoms with Crippen LogP contribution in [-0.4, -0.2) is 67.7 Å². The fraction of sp³-hybridized carbons (Fsp3) is 0.923. The summed E-state index contributed by atoms with van der Waals surface area (Å²) in [5.41, 5.74) is 5.64. The maximum absolute atomic E-state index is 11.8. The van der Waals surface area contributed by atoms with Crippen LogP contribution < -0.4 is 5.73 Å². The lowest BCUT2D eigenvalue weighted by Crippen LogP contribution is -2.48. The average Bonchev–Trinajstić information content (AvgIpc) is 2.40. The highest BCUT2D eigenvalue weighted by Crippen LogP contribution is 2.19. The Morgan fingerprint density at radius 1 is 1.20 bits per heavy atom. The molecule has 20 heavy (non-hydrogen) atoms. The van der Waals surface area contributed by atoms with Crippen LogP contribution in [0.1, 0.15) is 19.8 Å². The van der Waals surface area contributed by atoms with Gasteiger partial charge in [0.1, 0.15) is 0 Å². The van der Waals surface area contributed by atoms with Crippen LogP contribution in [0.15, 0.2) is 0 Å². The summed E-state index contributed by atoms with van der Waals surface area (Å²) in [5.74, 6) is 0.819. The number of morpholine rings is 1. The summed E-state index contributed by atoms with van der Waals surface area (Å²) < 4.78 is 5.36. The van der Waals surface area contributed by atoms with Crippen molar-refractivity contribution in [2.75, 3.05) is 45.9 Å². The smallest absolute Gasteiger partial charge is 0.239 e. The van der Waals surface area contributed by atoms with Gasteiger partial charge in [0.05, 0.1) is 19.3 Å². The fourth-order valence-electron chi connectivity index (χ4n) is 2.77. The van der Waals surface area contributed by atoms with Crippen LogP contribution in [0.4, 0.5) is 0 Å². The van der Waals surface area contributed by atoms with Crippen molar-refractivity contribution >= 4 is 30.7 Å². The van der Waals surface area contributed by atoms with Gasteiger partial charge in [-0.2, -0.15) is 0 Å². The predicted octanol–water partition coefficient (Wildman–Crippen LogP) is 0.748. The number of halogens is 2. The largest absolute Gasteiger partial charge is 0.379 e. The molecule has 120 valence electrons. The second-order valence-electron chi connectivity index (χ2n) is 5.47. The average molecular weight is 328 g/mol. The van der Waals surface area contributed by atoms with Gasteiger partial charge in [-0.25, -0.2) is 0 Å². The molecule has 0 aromatic rings. The molecule has 0 bridgehead atoms. The van der Waals surface area contributed by atoms with Gasteiger partial charge in [-0.1, -0.05) is 0 Å². The first-order valence-corrected chi connectivity index (χ1v) is 7.01. The van der Waals surface area contributed by atoms with E-state index >= 15 is 0 Å². The molecule has 2 aliphatic rings. The van der Waals surface area contributed by atoms with Crippen LogP contribution in [0.25, 0.3) is 0 Å². The van der Waals surface area contributed by atoms with Crippen molar-refractivity contribution in [1.82, 2.24) is 9.80 Å². The molecule has 2 N–H and O–H groups in total. The first-order chi connectivity index (χ1) is 8.66. The summed E-state index contributed by atoms with van der Waals surface area (Å²) in [6.07, 6.45) is 2.21. The summed E-state index contributed by atoms with van der Waals surface area (Å²) in [4.78, 5) is 16.2. The minimum absolute atomic E-state index is 0. The Bertz CT molecular complexity index is 279. The Morgan fingerprint density at radius 2 is 1.75 bits per heavy atom. The Morgan fingerprint density at radius 3 is 2.25 bits per heavy atom. The summed E-state index contributed by atoms with van der Waals surface area (Å²) in [7, 11) is 0. The topological polar surface area (TPSA) is 58.8 Å². The fourth-order valence-corrected chi connectivity index (χ4v) is 2.77. The highest BCUT2D eigenvalue weighted by Gasteiger charge is 2.25. The molecule has 5 nitrogen and oxygen atoms in total. The van der Waals surface area contributed by atoms with Gasteiger partial charge in [-0.3, -0.25) is 9.69 Å². The molecule has 7 heteroatoms. The van der Waals surface area contributed by atoms with Crippen LogP contribution in [-0.2, 0) is 9.53 Å². The number of rotatable bonds is 3. The summed E-state index contributed by atoms with van der Waals surface area (Å²) >= 11 is 0. The molecule has 0 aliphatic carbocycles. The molecule has 2 fully saturated rings. The first-order valence-electron chi connectivity index (χ1n) is 7.01. The Kier molecular flexibility index (Phi) is 9.76. The molecule has 1 amide bonds. The maximum atomic E-state index is 11.8. The summed E-state index contributed by atoms with van der Waals surface area (Å²) in [6.45, 7) is 8.50. The Labute approximate surface area is 134 Å². The van der Waals surface area contributed by atoms with E-state index in [2.05, 4.69) is 4.90 Å². The van der Waals surface area contributed by atoms with Crippen LogP contribution in [0.5, 0.6) is 0 Å². The first kappa shape index (κ1) is 19.9. The lowest BCUT2D eigenvalue weighted by Gasteiger charge is -2.36. The van der Waals surface area contributed by atoms with Gasteiger partial charge in [0, 0.05) is 32.7 Å². The number of likely N-dealkylation sites (tertiary alicyclic amines) is 1. The molecule has 0 aromatic heterocycles. The number of hydrogen-bond acceptors (Lipinski definition) is 4. The van der Waals surface area contributed by atoms with E-state index in [9.17, 15) is 4.79 Å². The molecule has 0 spiro atoms. The maximum Gasteiger partial charge on any atom is 0.239 e. The van der Waals surface area contributed by atoms with E-state index in [-0.39, 0.29) is 36.8 Å². The number of nitrogens with zero attached hydrogens (tertiary/aromatic N) is 2. The number of carbonyl (C=O) groups is 1. The zero-order valence-electron chi connectivity index (χ0n) is 12.1. The summed E-state index contributed by atoms with van der Waals surface area (Å²) in [5, 5.41) is 0. The van der Waals surface area contributed by atoms with Crippen molar-refractivity contribution < 1.29 is 9.53 Å².